The van der Waals surface area contributed by atoms with Crippen LogP contribution in [0.25, 0.3) is 0 Å². The summed E-state index contributed by atoms with van der Waals surface area (Å²) in [5, 5.41) is 5.93. The number of anilines is 2. The highest BCUT2D eigenvalue weighted by molar-refractivity contribution is 5.92. The molecule has 1 fully saturated rings. The molecule has 10 heteroatoms. The van der Waals surface area contributed by atoms with Crippen LogP contribution in [0.1, 0.15) is 0 Å². The number of carbonyl (C=O) groups excluding carboxylic acids is 1. The minimum atomic E-state index is -0.549. The van der Waals surface area contributed by atoms with Gasteiger partial charge < -0.3 is 9.64 Å². The zero-order valence-electron chi connectivity index (χ0n) is 16.6. The molecule has 0 saturated carbocycles. The van der Waals surface area contributed by atoms with Crippen molar-refractivity contribution < 1.29 is 18.8 Å². The number of benzene rings is 1. The Labute approximate surface area is 174 Å². The van der Waals surface area contributed by atoms with Crippen molar-refractivity contribution in [2.45, 2.75) is 6.10 Å². The number of amidine groups is 1. The number of amides is 1. The Morgan fingerprint density at radius 3 is 3.03 bits per heavy atom. The molecule has 158 valence electrons. The third kappa shape index (κ3) is 4.87. The number of carbonyl (C=O) groups is 1. The van der Waals surface area contributed by atoms with E-state index in [1.807, 2.05) is 0 Å². The van der Waals surface area contributed by atoms with Gasteiger partial charge in [-0.1, -0.05) is 12.5 Å². The standard InChI is InChI=1S/C20H23FN6O3/c1-4-8-26-10-9-25(14-23-26)18-7-6-15(11-17(18)21)27-13-16(30-20(27)28)12-22-19(5-2)24-29-3/h1,5-7,11,14,16H,2,8-10,12-13H2,3H3,(H,22,24). The van der Waals surface area contributed by atoms with E-state index in [0.717, 1.165) is 0 Å². The molecule has 1 N–H and O–H groups in total. The number of cyclic esters (lactones) is 1. The van der Waals surface area contributed by atoms with Crippen LogP contribution < -0.4 is 15.3 Å². The molecular weight excluding hydrogens is 391 g/mol. The van der Waals surface area contributed by atoms with E-state index in [1.54, 1.807) is 28.4 Å². The van der Waals surface area contributed by atoms with Gasteiger partial charge in [0, 0.05) is 6.54 Å². The van der Waals surface area contributed by atoms with Crippen LogP contribution in [0.4, 0.5) is 20.6 Å². The molecule has 1 saturated heterocycles. The van der Waals surface area contributed by atoms with Crippen molar-refractivity contribution in [2.24, 2.45) is 10.1 Å². The van der Waals surface area contributed by atoms with Gasteiger partial charge in [-0.25, -0.2) is 14.7 Å². The maximum atomic E-state index is 14.8. The van der Waals surface area contributed by atoms with Crippen LogP contribution in [0, 0.1) is 18.2 Å². The predicted molar refractivity (Wildman–Crippen MR) is 113 cm³/mol. The van der Waals surface area contributed by atoms with Gasteiger partial charge in [-0.05, 0) is 24.3 Å². The summed E-state index contributed by atoms with van der Waals surface area (Å²) >= 11 is 0. The molecule has 2 aliphatic rings. The van der Waals surface area contributed by atoms with E-state index in [0.29, 0.717) is 36.8 Å². The molecule has 9 nitrogen and oxygen atoms in total. The number of rotatable bonds is 7. The smallest absolute Gasteiger partial charge is 0.414 e. The van der Waals surface area contributed by atoms with Gasteiger partial charge in [0.25, 0.3) is 0 Å². The van der Waals surface area contributed by atoms with Gasteiger partial charge in [0.05, 0.1) is 44.7 Å². The molecule has 1 aromatic rings. The van der Waals surface area contributed by atoms with Gasteiger partial charge in [-0.3, -0.25) is 19.7 Å². The summed E-state index contributed by atoms with van der Waals surface area (Å²) in [6.07, 6.45) is 7.29. The summed E-state index contributed by atoms with van der Waals surface area (Å²) in [5.41, 5.74) is 3.35. The van der Waals surface area contributed by atoms with E-state index in [4.69, 9.17) is 16.0 Å². The highest BCUT2D eigenvalue weighted by Crippen LogP contribution is 2.28. The number of hydrazone groups is 1. The third-order valence-corrected chi connectivity index (χ3v) is 4.52. The molecule has 1 unspecified atom stereocenters. The van der Waals surface area contributed by atoms with Crippen molar-refractivity contribution in [3.63, 3.8) is 0 Å². The Morgan fingerprint density at radius 1 is 1.57 bits per heavy atom. The highest BCUT2D eigenvalue weighted by atomic mass is 19.1. The second-order valence-electron chi connectivity index (χ2n) is 6.50. The molecule has 1 amide bonds. The Morgan fingerprint density at radius 2 is 2.40 bits per heavy atom. The number of nitrogens with one attached hydrogen (secondary N) is 1. The van der Waals surface area contributed by atoms with E-state index in [1.165, 1.54) is 24.2 Å². The molecule has 0 radical (unpaired) electrons. The van der Waals surface area contributed by atoms with Gasteiger partial charge in [0.1, 0.15) is 24.1 Å². The molecule has 0 aliphatic carbocycles. The summed E-state index contributed by atoms with van der Waals surface area (Å²) in [4.78, 5) is 24.3. The third-order valence-electron chi connectivity index (χ3n) is 4.52. The lowest BCUT2D eigenvalue weighted by atomic mass is 10.2. The van der Waals surface area contributed by atoms with Gasteiger partial charge in [-0.2, -0.15) is 5.10 Å². The van der Waals surface area contributed by atoms with E-state index in [9.17, 15) is 9.18 Å². The fraction of sp³-hybridized carbons (Fsp3) is 0.350. The van der Waals surface area contributed by atoms with Crippen LogP contribution in [0.15, 0.2) is 40.9 Å². The lowest BCUT2D eigenvalue weighted by Crippen LogP contribution is -2.38. The lowest BCUT2D eigenvalue weighted by Gasteiger charge is -2.29. The molecule has 0 spiro atoms. The number of hydroxylamine groups is 1. The molecule has 0 aromatic heterocycles. The Hall–Kier alpha value is -3.58. The van der Waals surface area contributed by atoms with Gasteiger partial charge in [0.15, 0.2) is 0 Å². The first-order chi connectivity index (χ1) is 14.5. The van der Waals surface area contributed by atoms with E-state index >= 15 is 0 Å². The summed E-state index contributed by atoms with van der Waals surface area (Å²) in [6, 6.07) is 4.60. The number of ether oxygens (including phenoxy) is 1. The largest absolute Gasteiger partial charge is 0.442 e. The summed E-state index contributed by atoms with van der Waals surface area (Å²) in [5.74, 6) is 2.48. The summed E-state index contributed by atoms with van der Waals surface area (Å²) in [6.45, 7) is 5.64. The minimum Gasteiger partial charge on any atom is -0.442 e. The van der Waals surface area contributed by atoms with E-state index in [2.05, 4.69) is 28.1 Å². The zero-order chi connectivity index (χ0) is 21.5. The Balaban J connectivity index is 1.66. The number of halogens is 1. The average Bonchev–Trinajstić information content (AvgIpc) is 3.12. The van der Waals surface area contributed by atoms with E-state index in [-0.39, 0.29) is 13.1 Å². The number of aliphatic imine (C=N–C) groups is 1. The van der Waals surface area contributed by atoms with Crippen molar-refractivity contribution in [3.05, 3.63) is 36.7 Å². The maximum Gasteiger partial charge on any atom is 0.414 e. The lowest BCUT2D eigenvalue weighted by molar-refractivity contribution is 0.140. The fourth-order valence-corrected chi connectivity index (χ4v) is 3.05. The number of hydrogen-bond acceptors (Lipinski definition) is 7. The Bertz CT molecular complexity index is 897. The second kappa shape index (κ2) is 9.76. The first-order valence-electron chi connectivity index (χ1n) is 9.28. The van der Waals surface area contributed by atoms with Crippen LogP contribution in [-0.2, 0) is 9.57 Å². The van der Waals surface area contributed by atoms with Crippen molar-refractivity contribution in [1.82, 2.24) is 10.5 Å². The van der Waals surface area contributed by atoms with Crippen molar-refractivity contribution in [3.8, 4) is 12.3 Å². The highest BCUT2D eigenvalue weighted by Gasteiger charge is 2.32. The molecule has 0 bridgehead atoms. The molecule has 30 heavy (non-hydrogen) atoms. The molecule has 3 rings (SSSR count). The number of nitrogens with zero attached hydrogens (tertiary/aromatic N) is 5. The SMILES string of the molecule is C#CCN1CCN(c2ccc(N3CC(CN=C(C=C)NOC)OC3=O)cc2F)C=N1. The molecule has 1 atom stereocenters. The first-order valence-corrected chi connectivity index (χ1v) is 9.28. The first kappa shape index (κ1) is 21.1. The fourth-order valence-electron chi connectivity index (χ4n) is 3.05. The topological polar surface area (TPSA) is 82.0 Å². The minimum absolute atomic E-state index is 0.221. The quantitative estimate of drug-likeness (QED) is 0.316. The van der Waals surface area contributed by atoms with Crippen LogP contribution in [0.2, 0.25) is 0 Å². The van der Waals surface area contributed by atoms with Crippen LogP contribution in [0.3, 0.4) is 0 Å². The Kier molecular flexibility index (Phi) is 6.87. The predicted octanol–water partition coefficient (Wildman–Crippen LogP) is 1.58. The number of hydrogen-bond donors (Lipinski definition) is 1. The van der Waals surface area contributed by atoms with Crippen molar-refractivity contribution in [2.75, 3.05) is 49.6 Å². The van der Waals surface area contributed by atoms with Crippen LogP contribution in [0.5, 0.6) is 0 Å². The maximum absolute atomic E-state index is 14.8. The van der Waals surface area contributed by atoms with Gasteiger partial charge in [-0.15, -0.1) is 6.42 Å². The zero-order valence-corrected chi connectivity index (χ0v) is 16.6. The van der Waals surface area contributed by atoms with Crippen molar-refractivity contribution in [1.29, 1.82) is 0 Å². The molecule has 2 heterocycles. The summed E-state index contributed by atoms with van der Waals surface area (Å²) in [7, 11) is 1.46. The van der Waals surface area contributed by atoms with Crippen LogP contribution in [-0.4, -0.2) is 69.2 Å². The average molecular weight is 414 g/mol. The van der Waals surface area contributed by atoms with Crippen molar-refractivity contribution >= 4 is 29.6 Å². The van der Waals surface area contributed by atoms with E-state index < -0.39 is 18.0 Å². The monoisotopic (exact) mass is 414 g/mol. The second-order valence-corrected chi connectivity index (χ2v) is 6.50. The summed E-state index contributed by atoms with van der Waals surface area (Å²) < 4.78 is 20.1. The van der Waals surface area contributed by atoms with Crippen LogP contribution >= 0.6 is 0 Å². The van der Waals surface area contributed by atoms with Gasteiger partial charge >= 0.3 is 6.09 Å². The molecule has 1 aromatic carbocycles. The van der Waals surface area contributed by atoms with Gasteiger partial charge in [0.2, 0.25) is 0 Å². The molecule has 2 aliphatic heterocycles. The normalized spacial score (nSPS) is 19.0. The number of terminal acetylenes is 1. The molecular formula is C20H23FN6O3.